The fourth-order valence-electron chi connectivity index (χ4n) is 0.836. The Morgan fingerprint density at radius 1 is 1.14 bits per heavy atom. The highest BCUT2D eigenvalue weighted by Crippen LogP contribution is 1.98. The molecule has 0 aromatic carbocycles. The topological polar surface area (TPSA) is 80.3 Å². The van der Waals surface area contributed by atoms with E-state index in [2.05, 4.69) is 28.1 Å². The van der Waals surface area contributed by atoms with Gasteiger partial charge in [0.25, 0.3) is 0 Å². The second-order valence-corrected chi connectivity index (χ2v) is 4.95. The zero-order valence-corrected chi connectivity index (χ0v) is 10.1. The van der Waals surface area contributed by atoms with E-state index in [0.717, 1.165) is 4.48 Å². The molecule has 0 atom stereocenters. The van der Waals surface area contributed by atoms with Gasteiger partial charge in [0.05, 0.1) is 27.7 Å². The van der Waals surface area contributed by atoms with Crippen molar-refractivity contribution in [3.63, 3.8) is 0 Å². The van der Waals surface area contributed by atoms with Gasteiger partial charge in [0.1, 0.15) is 0 Å². The lowest BCUT2D eigenvalue weighted by atomic mass is 10.2. The van der Waals surface area contributed by atoms with Crippen molar-refractivity contribution in [2.75, 3.05) is 27.7 Å². The molecular formula is C8H21NO4S. The van der Waals surface area contributed by atoms with Crippen molar-refractivity contribution >= 4 is 10.4 Å². The molecule has 0 aliphatic heterocycles. The van der Waals surface area contributed by atoms with E-state index in [1.165, 1.54) is 25.8 Å². The van der Waals surface area contributed by atoms with Crippen LogP contribution in [0.1, 0.15) is 27.6 Å². The van der Waals surface area contributed by atoms with Crippen molar-refractivity contribution in [1.29, 1.82) is 0 Å². The third-order valence-electron chi connectivity index (χ3n) is 1.43. The molecule has 5 nitrogen and oxygen atoms in total. The number of rotatable bonds is 4. The predicted octanol–water partition coefficient (Wildman–Crippen LogP) is 0.657. The number of quaternary nitrogens is 1. The molecule has 0 rings (SSSR count). The van der Waals surface area contributed by atoms with Gasteiger partial charge in [-0.3, -0.25) is 8.42 Å². The monoisotopic (exact) mass is 227 g/mol. The molecular weight excluding hydrogens is 206 g/mol. The predicted molar refractivity (Wildman–Crippen MR) is 54.0 cm³/mol. The number of hydrogen-bond donors (Lipinski definition) is 0. The van der Waals surface area contributed by atoms with Crippen LogP contribution in [0, 0.1) is 0 Å². The first-order chi connectivity index (χ1) is 6.06. The van der Waals surface area contributed by atoms with Gasteiger partial charge in [-0.05, 0) is 12.8 Å². The minimum atomic E-state index is -5.17. The number of hydrogen-bond acceptors (Lipinski definition) is 4. The van der Waals surface area contributed by atoms with Gasteiger partial charge in [0, 0.05) is 10.4 Å². The minimum absolute atomic E-state index is 0. The summed E-state index contributed by atoms with van der Waals surface area (Å²) in [6, 6.07) is 0. The number of unbranched alkanes of at least 4 members (excludes halogenated alkanes) is 2. The summed E-state index contributed by atoms with van der Waals surface area (Å²) in [4.78, 5) is 0. The maximum Gasteiger partial charge on any atom is 1.00 e. The molecule has 0 aromatic heterocycles. The maximum absolute atomic E-state index is 8.52. The van der Waals surface area contributed by atoms with Gasteiger partial charge in [-0.2, -0.15) is 0 Å². The van der Waals surface area contributed by atoms with Crippen molar-refractivity contribution in [3.8, 4) is 0 Å². The smallest absolute Gasteiger partial charge is 0.759 e. The summed E-state index contributed by atoms with van der Waals surface area (Å²) >= 11 is 0. The Kier molecular flexibility index (Phi) is 8.33. The van der Waals surface area contributed by atoms with E-state index >= 15 is 0 Å². The number of nitrogens with zero attached hydrogens (tertiary/aromatic N) is 1. The average molecular weight is 227 g/mol. The van der Waals surface area contributed by atoms with Crippen LogP contribution in [0.4, 0.5) is 0 Å². The fraction of sp³-hybridized carbons (Fsp3) is 1.00. The Hall–Kier alpha value is -0.170. The molecule has 6 heteroatoms. The molecule has 0 radical (unpaired) electrons. The molecule has 0 aromatic rings. The van der Waals surface area contributed by atoms with Gasteiger partial charge >= 0.3 is 1.43 Å². The Morgan fingerprint density at radius 3 is 1.71 bits per heavy atom. The Balaban J connectivity index is -0.000000208. The van der Waals surface area contributed by atoms with Crippen LogP contribution >= 0.6 is 0 Å². The molecule has 0 amide bonds. The van der Waals surface area contributed by atoms with Gasteiger partial charge in [0.15, 0.2) is 0 Å². The van der Waals surface area contributed by atoms with E-state index in [-0.39, 0.29) is 1.43 Å². The molecule has 0 spiro atoms. The van der Waals surface area contributed by atoms with E-state index in [0.29, 0.717) is 0 Å². The highest BCUT2D eigenvalue weighted by molar-refractivity contribution is 7.79. The van der Waals surface area contributed by atoms with Crippen LogP contribution in [-0.4, -0.2) is 49.7 Å². The molecule has 0 unspecified atom stereocenters. The third kappa shape index (κ3) is 40.8. The molecule has 0 bridgehead atoms. The van der Waals surface area contributed by atoms with E-state index in [4.69, 9.17) is 17.5 Å². The van der Waals surface area contributed by atoms with Gasteiger partial charge < -0.3 is 13.6 Å². The van der Waals surface area contributed by atoms with E-state index in [1.54, 1.807) is 0 Å². The van der Waals surface area contributed by atoms with Crippen LogP contribution in [0.3, 0.4) is 0 Å². The van der Waals surface area contributed by atoms with Crippen LogP contribution in [-0.2, 0) is 10.4 Å². The van der Waals surface area contributed by atoms with Crippen LogP contribution < -0.4 is 0 Å². The molecule has 88 valence electrons. The van der Waals surface area contributed by atoms with Crippen LogP contribution in [0.15, 0.2) is 0 Å². The standard InChI is InChI=1S/C8H20N.H2O4S/c1-5-6-7-8-9(2,3)4;1-5(2,3)4/h5-8H2,1-4H3;(H2,1,2,3,4)/q+1;/p-1. The molecule has 14 heavy (non-hydrogen) atoms. The summed E-state index contributed by atoms with van der Waals surface area (Å²) in [5, 5.41) is 0. The van der Waals surface area contributed by atoms with Crippen LogP contribution in [0.2, 0.25) is 0 Å². The Morgan fingerprint density at radius 2 is 1.50 bits per heavy atom. The lowest BCUT2D eigenvalue weighted by molar-refractivity contribution is -0.870. The van der Waals surface area contributed by atoms with E-state index < -0.39 is 10.4 Å². The normalized spacial score (nSPS) is 11.9. The second kappa shape index (κ2) is 7.17. The van der Waals surface area contributed by atoms with Crippen LogP contribution in [0.5, 0.6) is 0 Å². The SMILES string of the molecule is CCCCC[N+](C)(C)C.O=S(=O)([O-])[O-].[H+]. The van der Waals surface area contributed by atoms with Crippen LogP contribution in [0.25, 0.3) is 0 Å². The minimum Gasteiger partial charge on any atom is -0.759 e. The molecule has 0 saturated heterocycles. The molecule has 0 heterocycles. The zero-order chi connectivity index (χ0) is 11.8. The first-order valence-corrected chi connectivity index (χ1v) is 5.86. The first-order valence-electron chi connectivity index (χ1n) is 4.53. The highest BCUT2D eigenvalue weighted by atomic mass is 32.3. The summed E-state index contributed by atoms with van der Waals surface area (Å²) in [6.07, 6.45) is 4.09. The summed E-state index contributed by atoms with van der Waals surface area (Å²) in [7, 11) is 1.57. The van der Waals surface area contributed by atoms with E-state index in [1.807, 2.05) is 0 Å². The first kappa shape index (κ1) is 16.3. The largest absolute Gasteiger partial charge is 1.00 e. The van der Waals surface area contributed by atoms with Crippen molar-refractivity contribution in [3.05, 3.63) is 0 Å². The van der Waals surface area contributed by atoms with Crippen molar-refractivity contribution in [2.24, 2.45) is 0 Å². The molecule has 0 fully saturated rings. The molecule has 0 saturated carbocycles. The second-order valence-electron chi connectivity index (χ2n) is 4.13. The molecule has 0 aliphatic carbocycles. The zero-order valence-electron chi connectivity index (χ0n) is 10.3. The Labute approximate surface area is 88.4 Å². The van der Waals surface area contributed by atoms with Crippen molar-refractivity contribution < 1.29 is 23.4 Å². The Bertz CT molecular complexity index is 215. The lowest BCUT2D eigenvalue weighted by Crippen LogP contribution is -2.35. The quantitative estimate of drug-likeness (QED) is 0.306. The summed E-state index contributed by atoms with van der Waals surface area (Å²) < 4.78 is 35.2. The lowest BCUT2D eigenvalue weighted by Gasteiger charge is -2.23. The average Bonchev–Trinajstić information content (AvgIpc) is 1.80. The fourth-order valence-corrected chi connectivity index (χ4v) is 0.836. The highest BCUT2D eigenvalue weighted by Gasteiger charge is 2.03. The molecule has 0 aliphatic rings. The van der Waals surface area contributed by atoms with Crippen molar-refractivity contribution in [2.45, 2.75) is 26.2 Å². The molecule has 0 N–H and O–H groups in total. The van der Waals surface area contributed by atoms with Gasteiger partial charge in [-0.25, -0.2) is 0 Å². The maximum atomic E-state index is 8.52. The summed E-state index contributed by atoms with van der Waals surface area (Å²) in [5.41, 5.74) is 0. The van der Waals surface area contributed by atoms with Gasteiger partial charge in [-0.15, -0.1) is 0 Å². The summed E-state index contributed by atoms with van der Waals surface area (Å²) in [6.45, 7) is 3.56. The van der Waals surface area contributed by atoms with Crippen molar-refractivity contribution in [1.82, 2.24) is 0 Å². The van der Waals surface area contributed by atoms with Gasteiger partial charge in [-0.1, -0.05) is 13.3 Å². The summed E-state index contributed by atoms with van der Waals surface area (Å²) in [5.74, 6) is 0. The third-order valence-corrected chi connectivity index (χ3v) is 1.43. The van der Waals surface area contributed by atoms with Gasteiger partial charge in [0.2, 0.25) is 0 Å². The van der Waals surface area contributed by atoms with E-state index in [9.17, 15) is 0 Å².